The number of halogens is 3. The van der Waals surface area contributed by atoms with E-state index < -0.39 is 30.7 Å². The van der Waals surface area contributed by atoms with Crippen LogP contribution in [0.4, 0.5) is 30.2 Å². The first-order valence-electron chi connectivity index (χ1n) is 22.2. The second-order valence-electron chi connectivity index (χ2n) is 18.8. The Kier molecular flexibility index (Phi) is 10.3. The number of hydrogen-bond donors (Lipinski definition) is 2. The number of alkyl halides is 3. The molecule has 62 heavy (non-hydrogen) atoms. The molecular weight excluding hydrogens is 798 g/mol. The predicted octanol–water partition coefficient (Wildman–Crippen LogP) is 6.01. The molecule has 1 spiro atoms. The number of piperidine rings is 2. The van der Waals surface area contributed by atoms with Crippen molar-refractivity contribution in [3.05, 3.63) is 82.7 Å². The van der Waals surface area contributed by atoms with Crippen LogP contribution in [0.15, 0.2) is 49.2 Å². The summed E-state index contributed by atoms with van der Waals surface area (Å²) in [7, 11) is 1.84. The molecule has 3 saturated heterocycles. The summed E-state index contributed by atoms with van der Waals surface area (Å²) < 4.78 is 48.2. The number of rotatable bonds is 8. The number of amides is 3. The first kappa shape index (κ1) is 40.9. The number of carbonyl (C=O) groups is 3. The lowest BCUT2D eigenvalue weighted by Crippen LogP contribution is -2.59. The molecule has 10 rings (SSSR count). The number of hydrogen-bond acceptors (Lipinski definition) is 10. The van der Waals surface area contributed by atoms with Crippen molar-refractivity contribution in [2.75, 3.05) is 74.6 Å². The van der Waals surface area contributed by atoms with Crippen LogP contribution in [-0.4, -0.2) is 121 Å². The van der Waals surface area contributed by atoms with Crippen molar-refractivity contribution in [3.8, 4) is 5.75 Å². The SMILES string of the molecule is C=Cc1c(NC)ccc2c1CC(C)N(CC(F)(F)F)[C@@H]2c1ccc(N2CCC3(CC2)CC(CN2CCN4c5cc6c(cc5OC[C@@H]4C2)C(=O)N(C2CCC(=O)NC2=O)C6)C3)cn1. The number of imide groups is 1. The minimum absolute atomic E-state index is 0.187. The molecule has 3 amide bonds. The Hall–Kier alpha value is -5.15. The van der Waals surface area contributed by atoms with Crippen molar-refractivity contribution in [2.24, 2.45) is 11.3 Å². The summed E-state index contributed by atoms with van der Waals surface area (Å²) in [5.74, 6) is 0.485. The highest BCUT2D eigenvalue weighted by molar-refractivity contribution is 6.06. The number of benzene rings is 2. The average molecular weight is 853 g/mol. The van der Waals surface area contributed by atoms with E-state index in [0.717, 1.165) is 91.4 Å². The van der Waals surface area contributed by atoms with Gasteiger partial charge in [0.1, 0.15) is 18.4 Å². The van der Waals surface area contributed by atoms with Gasteiger partial charge in [-0.15, -0.1) is 0 Å². The fraction of sp³-hybridized carbons (Fsp3) is 0.532. The maximum atomic E-state index is 14.0. The molecule has 1 saturated carbocycles. The number of nitrogens with one attached hydrogen (secondary N) is 2. The summed E-state index contributed by atoms with van der Waals surface area (Å²) in [6, 6.07) is 10.4. The first-order chi connectivity index (χ1) is 29.8. The number of ether oxygens (including phenoxy) is 1. The van der Waals surface area contributed by atoms with Gasteiger partial charge in [0.05, 0.1) is 41.9 Å². The highest BCUT2D eigenvalue weighted by atomic mass is 19.4. The molecule has 0 bridgehead atoms. The molecule has 2 aromatic carbocycles. The van der Waals surface area contributed by atoms with Gasteiger partial charge in [-0.1, -0.05) is 18.7 Å². The zero-order valence-electron chi connectivity index (χ0n) is 35.5. The Morgan fingerprint density at radius 3 is 2.56 bits per heavy atom. The van der Waals surface area contributed by atoms with Crippen LogP contribution in [0.3, 0.4) is 0 Å². The largest absolute Gasteiger partial charge is 0.489 e. The number of pyridine rings is 1. The van der Waals surface area contributed by atoms with Gasteiger partial charge in [-0.3, -0.25) is 34.5 Å². The number of anilines is 3. The van der Waals surface area contributed by atoms with Gasteiger partial charge >= 0.3 is 6.18 Å². The summed E-state index contributed by atoms with van der Waals surface area (Å²) in [4.78, 5) is 53.1. The fourth-order valence-corrected chi connectivity index (χ4v) is 12.0. The van der Waals surface area contributed by atoms with E-state index >= 15 is 0 Å². The third-order valence-electron chi connectivity index (χ3n) is 15.0. The summed E-state index contributed by atoms with van der Waals surface area (Å²) in [5.41, 5.74) is 8.20. The van der Waals surface area contributed by atoms with Crippen molar-refractivity contribution in [3.63, 3.8) is 0 Å². The van der Waals surface area contributed by atoms with E-state index in [4.69, 9.17) is 9.72 Å². The fourth-order valence-electron chi connectivity index (χ4n) is 12.0. The number of nitrogens with zero attached hydrogens (tertiary/aromatic N) is 6. The van der Waals surface area contributed by atoms with Crippen LogP contribution in [0, 0.1) is 11.3 Å². The Morgan fingerprint density at radius 2 is 1.85 bits per heavy atom. The van der Waals surface area contributed by atoms with Crippen LogP contribution in [0.25, 0.3) is 6.08 Å². The molecule has 1 aromatic heterocycles. The van der Waals surface area contributed by atoms with Gasteiger partial charge < -0.3 is 24.8 Å². The van der Waals surface area contributed by atoms with Crippen LogP contribution >= 0.6 is 0 Å². The Bertz CT molecular complexity index is 2290. The van der Waals surface area contributed by atoms with E-state index in [2.05, 4.69) is 38.0 Å². The predicted molar refractivity (Wildman–Crippen MR) is 230 cm³/mol. The lowest BCUT2D eigenvalue weighted by molar-refractivity contribution is -0.155. The highest BCUT2D eigenvalue weighted by Gasteiger charge is 2.48. The second kappa shape index (κ2) is 15.6. The summed E-state index contributed by atoms with van der Waals surface area (Å²) in [6.07, 6.45) is 5.05. The minimum atomic E-state index is -4.34. The number of carbonyl (C=O) groups excluding carboxylic acids is 3. The van der Waals surface area contributed by atoms with Crippen LogP contribution in [0.2, 0.25) is 0 Å². The average Bonchev–Trinajstić information content (AvgIpc) is 3.56. The zero-order chi connectivity index (χ0) is 43.1. The third-order valence-corrected chi connectivity index (χ3v) is 15.0. The summed E-state index contributed by atoms with van der Waals surface area (Å²) >= 11 is 0. The zero-order valence-corrected chi connectivity index (χ0v) is 35.5. The van der Waals surface area contributed by atoms with Gasteiger partial charge in [0.15, 0.2) is 0 Å². The molecule has 1 aliphatic carbocycles. The van der Waals surface area contributed by atoms with Crippen LogP contribution in [0.5, 0.6) is 5.75 Å². The first-order valence-corrected chi connectivity index (χ1v) is 22.2. The Morgan fingerprint density at radius 1 is 1.05 bits per heavy atom. The molecule has 7 heterocycles. The normalized spacial score (nSPS) is 26.3. The van der Waals surface area contributed by atoms with E-state index in [1.165, 1.54) is 12.8 Å². The van der Waals surface area contributed by atoms with Crippen LogP contribution in [0.1, 0.15) is 89.8 Å². The molecule has 4 fully saturated rings. The van der Waals surface area contributed by atoms with Gasteiger partial charge in [-0.2, -0.15) is 13.2 Å². The molecule has 15 heteroatoms. The third kappa shape index (κ3) is 7.28. The lowest BCUT2D eigenvalue weighted by Gasteiger charge is -2.54. The van der Waals surface area contributed by atoms with Gasteiger partial charge in [0, 0.05) is 82.1 Å². The van der Waals surface area contributed by atoms with Gasteiger partial charge in [0.25, 0.3) is 5.91 Å². The van der Waals surface area contributed by atoms with Gasteiger partial charge in [-0.25, -0.2) is 0 Å². The number of fused-ring (bicyclic) bond motifs is 5. The molecule has 328 valence electrons. The molecule has 7 aliphatic rings. The maximum absolute atomic E-state index is 14.0. The monoisotopic (exact) mass is 852 g/mol. The molecule has 0 radical (unpaired) electrons. The smallest absolute Gasteiger partial charge is 0.401 e. The Balaban J connectivity index is 0.738. The quantitative estimate of drug-likeness (QED) is 0.262. The minimum Gasteiger partial charge on any atom is -0.489 e. The topological polar surface area (TPSA) is 114 Å². The molecular formula is C47H55F3N8O4. The van der Waals surface area contributed by atoms with Crippen molar-refractivity contribution >= 4 is 40.9 Å². The molecule has 2 N–H and O–H groups in total. The highest BCUT2D eigenvalue weighted by Crippen LogP contribution is 2.53. The van der Waals surface area contributed by atoms with Crippen molar-refractivity contribution in [1.82, 2.24) is 25.0 Å². The van der Waals surface area contributed by atoms with Crippen molar-refractivity contribution < 1.29 is 32.3 Å². The standard InChI is InChI=1S/C47H55F3N8O4/c1-4-33-36-17-28(2)58(27-47(48,49)50)43(34(36)6-8-37(33)51-3)38-7-5-31(22-52-38)55-13-11-46(12-14-55)20-29(21-46)23-54-15-16-56-32(25-54)26-62-41-19-35-30(18-40(41)56)24-57(45(35)61)39-9-10-42(59)53-44(39)60/h4-8,18-19,22,28-29,32,39,43,51H,1,9-17,20-21,23-27H2,2-3H3,(H,53,59,60)/t28?,32-,39?,43-/m0/s1. The van der Waals surface area contributed by atoms with E-state index in [0.29, 0.717) is 54.3 Å². The van der Waals surface area contributed by atoms with Gasteiger partial charge in [0.2, 0.25) is 11.8 Å². The Labute approximate surface area is 360 Å². The summed E-state index contributed by atoms with van der Waals surface area (Å²) in [6.45, 7) is 11.5. The number of aromatic nitrogens is 1. The molecule has 2 unspecified atom stereocenters. The molecule has 4 atom stereocenters. The lowest BCUT2D eigenvalue weighted by atomic mass is 9.57. The maximum Gasteiger partial charge on any atom is 0.401 e. The molecule has 12 nitrogen and oxygen atoms in total. The van der Waals surface area contributed by atoms with Crippen LogP contribution < -0.4 is 25.2 Å². The molecule has 3 aromatic rings. The van der Waals surface area contributed by atoms with E-state index in [1.54, 1.807) is 15.9 Å². The van der Waals surface area contributed by atoms with Crippen LogP contribution in [-0.2, 0) is 22.6 Å². The van der Waals surface area contributed by atoms with Gasteiger partial charge in [-0.05, 0) is 104 Å². The van der Waals surface area contributed by atoms with Crippen molar-refractivity contribution in [1.29, 1.82) is 0 Å². The van der Waals surface area contributed by atoms with E-state index in [-0.39, 0.29) is 30.3 Å². The summed E-state index contributed by atoms with van der Waals surface area (Å²) in [5, 5.41) is 5.59. The number of piperazine rings is 1. The van der Waals surface area contributed by atoms with E-state index in [1.807, 2.05) is 50.5 Å². The van der Waals surface area contributed by atoms with Crippen molar-refractivity contribution in [2.45, 2.75) is 88.8 Å². The van der Waals surface area contributed by atoms with E-state index in [9.17, 15) is 27.6 Å². The molecule has 6 aliphatic heterocycles. The second-order valence-corrected chi connectivity index (χ2v) is 18.8.